The summed E-state index contributed by atoms with van der Waals surface area (Å²) in [4.78, 5) is 9.63. The number of aliphatic hydroxyl groups excluding tert-OH is 3. The fraction of sp³-hybridized carbons (Fsp3) is 0.333. The summed E-state index contributed by atoms with van der Waals surface area (Å²) in [5.74, 6) is -1.07. The number of nitro groups is 1. The Morgan fingerprint density at radius 3 is 2.53 bits per heavy atom. The van der Waals surface area contributed by atoms with E-state index in [1.54, 1.807) is 0 Å². The van der Waals surface area contributed by atoms with Gasteiger partial charge in [0.25, 0.3) is 5.69 Å². The number of nitrogen functional groups attached to an aromatic ring is 1. The lowest BCUT2D eigenvalue weighted by atomic mass is 10.0. The zero-order chi connectivity index (χ0) is 13.2. The first-order valence-corrected chi connectivity index (χ1v) is 4.58. The first-order chi connectivity index (χ1) is 7.88. The summed E-state index contributed by atoms with van der Waals surface area (Å²) in [7, 11) is 0. The van der Waals surface area contributed by atoms with Gasteiger partial charge in [0, 0.05) is 11.6 Å². The van der Waals surface area contributed by atoms with Crippen molar-refractivity contribution < 1.29 is 24.6 Å². The summed E-state index contributed by atoms with van der Waals surface area (Å²) in [5.41, 5.74) is 3.85. The number of nitrogens with zero attached hydrogens (tertiary/aromatic N) is 1. The van der Waals surface area contributed by atoms with Crippen molar-refractivity contribution in [1.82, 2.24) is 0 Å². The van der Waals surface area contributed by atoms with Crippen molar-refractivity contribution in [3.63, 3.8) is 0 Å². The third-order valence-electron chi connectivity index (χ3n) is 2.23. The number of halogens is 1. The maximum atomic E-state index is 13.2. The molecule has 94 valence electrons. The molecule has 0 spiro atoms. The Kier molecular flexibility index (Phi) is 3.94. The number of nitrogens with two attached hydrogens (primary N) is 1. The van der Waals surface area contributed by atoms with Gasteiger partial charge in [-0.2, -0.15) is 0 Å². The lowest BCUT2D eigenvalue weighted by molar-refractivity contribution is -0.385. The number of anilines is 1. The second kappa shape index (κ2) is 5.04. The summed E-state index contributed by atoms with van der Waals surface area (Å²) >= 11 is 0. The summed E-state index contributed by atoms with van der Waals surface area (Å²) in [5, 5.41) is 37.8. The van der Waals surface area contributed by atoms with Crippen LogP contribution in [0.4, 0.5) is 15.8 Å². The standard InChI is InChI=1S/C9H11FN2O5/c10-6-2-4(12(16)17)1-5(8(6)11)9(15)7(14)3-13/h1-2,7,9,13-15H,3,11H2. The predicted molar refractivity (Wildman–Crippen MR) is 55.5 cm³/mol. The Hall–Kier alpha value is -1.77. The van der Waals surface area contributed by atoms with Crippen LogP contribution in [-0.2, 0) is 0 Å². The molecule has 1 aromatic carbocycles. The minimum absolute atomic E-state index is 0.335. The lowest BCUT2D eigenvalue weighted by Gasteiger charge is -2.17. The molecule has 8 heteroatoms. The number of rotatable bonds is 4. The molecule has 5 N–H and O–H groups in total. The van der Waals surface area contributed by atoms with Crippen LogP contribution in [-0.4, -0.2) is 33.0 Å². The first kappa shape index (κ1) is 13.3. The van der Waals surface area contributed by atoms with Crippen molar-refractivity contribution in [2.45, 2.75) is 12.2 Å². The van der Waals surface area contributed by atoms with Crippen LogP contribution in [0.25, 0.3) is 0 Å². The second-order valence-electron chi connectivity index (χ2n) is 3.38. The molecule has 0 fully saturated rings. The molecule has 0 saturated heterocycles. The van der Waals surface area contributed by atoms with Crippen LogP contribution in [0.2, 0.25) is 0 Å². The normalized spacial score (nSPS) is 14.4. The number of nitro benzene ring substituents is 1. The molecule has 0 aliphatic heterocycles. The van der Waals surface area contributed by atoms with E-state index >= 15 is 0 Å². The third-order valence-corrected chi connectivity index (χ3v) is 2.23. The van der Waals surface area contributed by atoms with E-state index in [0.717, 1.165) is 6.07 Å². The van der Waals surface area contributed by atoms with Crippen molar-refractivity contribution >= 4 is 11.4 Å². The Bertz CT molecular complexity index is 440. The van der Waals surface area contributed by atoms with E-state index in [0.29, 0.717) is 6.07 Å². The van der Waals surface area contributed by atoms with Crippen molar-refractivity contribution in [1.29, 1.82) is 0 Å². The topological polar surface area (TPSA) is 130 Å². The van der Waals surface area contributed by atoms with Crippen LogP contribution in [0.5, 0.6) is 0 Å². The minimum atomic E-state index is -1.70. The Labute approximate surface area is 95.1 Å². The number of benzene rings is 1. The van der Waals surface area contributed by atoms with E-state index in [1.165, 1.54) is 0 Å². The van der Waals surface area contributed by atoms with Crippen molar-refractivity contribution in [2.75, 3.05) is 12.3 Å². The van der Waals surface area contributed by atoms with Crippen LogP contribution in [0.15, 0.2) is 12.1 Å². The Balaban J connectivity index is 3.27. The van der Waals surface area contributed by atoms with Crippen LogP contribution < -0.4 is 5.73 Å². The van der Waals surface area contributed by atoms with Crippen LogP contribution in [0.3, 0.4) is 0 Å². The predicted octanol–water partition coefficient (Wildman–Crippen LogP) is -0.297. The highest BCUT2D eigenvalue weighted by atomic mass is 19.1. The van der Waals surface area contributed by atoms with E-state index in [1.807, 2.05) is 0 Å². The van der Waals surface area contributed by atoms with E-state index in [2.05, 4.69) is 0 Å². The second-order valence-corrected chi connectivity index (χ2v) is 3.38. The molecule has 0 heterocycles. The van der Waals surface area contributed by atoms with Crippen molar-refractivity contribution in [2.24, 2.45) is 0 Å². The SMILES string of the molecule is Nc1c(F)cc([N+](=O)[O-])cc1C(O)C(O)CO. The van der Waals surface area contributed by atoms with Crippen molar-refractivity contribution in [3.05, 3.63) is 33.6 Å². The van der Waals surface area contributed by atoms with Gasteiger partial charge >= 0.3 is 0 Å². The fourth-order valence-corrected chi connectivity index (χ4v) is 1.28. The highest BCUT2D eigenvalue weighted by Crippen LogP contribution is 2.29. The molecular formula is C9H11FN2O5. The van der Waals surface area contributed by atoms with Gasteiger partial charge in [0.05, 0.1) is 23.3 Å². The number of hydrogen-bond donors (Lipinski definition) is 4. The van der Waals surface area contributed by atoms with E-state index in [-0.39, 0.29) is 5.56 Å². The zero-order valence-corrected chi connectivity index (χ0v) is 8.58. The lowest BCUT2D eigenvalue weighted by Crippen LogP contribution is -2.23. The van der Waals surface area contributed by atoms with Gasteiger partial charge in [-0.15, -0.1) is 0 Å². The Morgan fingerprint density at radius 2 is 2.06 bits per heavy atom. The largest absolute Gasteiger partial charge is 0.396 e. The maximum Gasteiger partial charge on any atom is 0.272 e. The van der Waals surface area contributed by atoms with Gasteiger partial charge in [-0.25, -0.2) is 4.39 Å². The van der Waals surface area contributed by atoms with Crippen molar-refractivity contribution in [3.8, 4) is 0 Å². The van der Waals surface area contributed by atoms with E-state index < -0.39 is 40.9 Å². The van der Waals surface area contributed by atoms with Crippen LogP contribution >= 0.6 is 0 Å². The van der Waals surface area contributed by atoms with Gasteiger partial charge in [0.2, 0.25) is 0 Å². The van der Waals surface area contributed by atoms with Crippen LogP contribution in [0, 0.1) is 15.9 Å². The van der Waals surface area contributed by atoms with Gasteiger partial charge in [-0.1, -0.05) is 0 Å². The van der Waals surface area contributed by atoms with Gasteiger partial charge in [0.1, 0.15) is 12.2 Å². The molecule has 2 unspecified atom stereocenters. The molecule has 0 saturated carbocycles. The van der Waals surface area contributed by atoms with Gasteiger partial charge in [-0.3, -0.25) is 10.1 Å². The summed E-state index contributed by atoms with van der Waals surface area (Å²) in [6, 6.07) is 1.46. The molecule has 2 atom stereocenters. The molecule has 0 aliphatic rings. The minimum Gasteiger partial charge on any atom is -0.396 e. The number of non-ortho nitro benzene ring substituents is 1. The van der Waals surface area contributed by atoms with Crippen LogP contribution in [0.1, 0.15) is 11.7 Å². The molecule has 0 bridgehead atoms. The Morgan fingerprint density at radius 1 is 1.47 bits per heavy atom. The summed E-state index contributed by atoms with van der Waals surface area (Å²) in [6.07, 6.45) is -3.30. The number of hydrogen-bond acceptors (Lipinski definition) is 6. The molecule has 17 heavy (non-hydrogen) atoms. The quantitative estimate of drug-likeness (QED) is 0.328. The molecule has 0 aromatic heterocycles. The first-order valence-electron chi connectivity index (χ1n) is 4.58. The zero-order valence-electron chi connectivity index (χ0n) is 8.58. The molecular weight excluding hydrogens is 235 g/mol. The highest BCUT2D eigenvalue weighted by Gasteiger charge is 2.24. The molecule has 0 amide bonds. The van der Waals surface area contributed by atoms with E-state index in [4.69, 9.17) is 10.8 Å². The van der Waals surface area contributed by atoms with Gasteiger partial charge in [0.15, 0.2) is 5.82 Å². The maximum absolute atomic E-state index is 13.2. The van der Waals surface area contributed by atoms with Gasteiger partial charge < -0.3 is 21.1 Å². The monoisotopic (exact) mass is 246 g/mol. The summed E-state index contributed by atoms with van der Waals surface area (Å²) in [6.45, 7) is -0.787. The average Bonchev–Trinajstić information content (AvgIpc) is 2.30. The molecule has 1 aromatic rings. The number of aliphatic hydroxyl groups is 3. The molecule has 7 nitrogen and oxygen atoms in total. The molecule has 1 rings (SSSR count). The van der Waals surface area contributed by atoms with Gasteiger partial charge in [-0.05, 0) is 0 Å². The molecule has 0 radical (unpaired) electrons. The smallest absolute Gasteiger partial charge is 0.272 e. The third kappa shape index (κ3) is 2.67. The molecule has 0 aliphatic carbocycles. The fourth-order valence-electron chi connectivity index (χ4n) is 1.28. The average molecular weight is 246 g/mol. The highest BCUT2D eigenvalue weighted by molar-refractivity contribution is 5.55. The van der Waals surface area contributed by atoms with E-state index in [9.17, 15) is 24.7 Å². The summed E-state index contributed by atoms with van der Waals surface area (Å²) < 4.78 is 13.2.